The minimum Gasteiger partial charge on any atom is -0.548 e. The summed E-state index contributed by atoms with van der Waals surface area (Å²) in [7, 11) is 0. The van der Waals surface area contributed by atoms with E-state index in [0.29, 0.717) is 0 Å². The van der Waals surface area contributed by atoms with Crippen molar-refractivity contribution in [2.75, 3.05) is 5.88 Å². The second-order valence-corrected chi connectivity index (χ2v) is 3.98. The molecule has 1 amide bonds. The molecule has 1 atom stereocenters. The van der Waals surface area contributed by atoms with Gasteiger partial charge in [-0.3, -0.25) is 0 Å². The molecule has 82 valence electrons. The van der Waals surface area contributed by atoms with E-state index in [1.807, 2.05) is 0 Å². The Morgan fingerprint density at radius 2 is 2.00 bits per heavy atom. The van der Waals surface area contributed by atoms with Crippen molar-refractivity contribution >= 4 is 23.7 Å². The number of ether oxygens (including phenoxy) is 1. The van der Waals surface area contributed by atoms with Crippen LogP contribution in [0.1, 0.15) is 20.8 Å². The SMILES string of the molecule is CC(C)(C)OC(=O)N[C@@H](CCl)C(=O)[O-]. The Balaban J connectivity index is 4.11. The molecular formula is C8H13ClNO4-. The van der Waals surface area contributed by atoms with Gasteiger partial charge in [0.15, 0.2) is 0 Å². The zero-order chi connectivity index (χ0) is 11.4. The molecule has 0 rings (SSSR count). The molecule has 5 nitrogen and oxygen atoms in total. The predicted octanol–water partition coefficient (Wildman–Crippen LogP) is -0.132. The van der Waals surface area contributed by atoms with E-state index in [1.165, 1.54) is 0 Å². The highest BCUT2D eigenvalue weighted by Gasteiger charge is 2.19. The van der Waals surface area contributed by atoms with Crippen molar-refractivity contribution < 1.29 is 19.4 Å². The number of alkyl halides is 1. The van der Waals surface area contributed by atoms with Crippen molar-refractivity contribution in [3.8, 4) is 0 Å². The van der Waals surface area contributed by atoms with Crippen LogP contribution in [0.3, 0.4) is 0 Å². The molecule has 0 spiro atoms. The predicted molar refractivity (Wildman–Crippen MR) is 48.9 cm³/mol. The van der Waals surface area contributed by atoms with Crippen LogP contribution in [0, 0.1) is 0 Å². The second-order valence-electron chi connectivity index (χ2n) is 3.67. The molecule has 14 heavy (non-hydrogen) atoms. The third kappa shape index (κ3) is 5.64. The summed E-state index contributed by atoms with van der Waals surface area (Å²) in [5.74, 6) is -1.70. The third-order valence-electron chi connectivity index (χ3n) is 1.13. The van der Waals surface area contributed by atoms with E-state index in [-0.39, 0.29) is 5.88 Å². The summed E-state index contributed by atoms with van der Waals surface area (Å²) < 4.78 is 4.82. The van der Waals surface area contributed by atoms with Crippen LogP contribution in [0.25, 0.3) is 0 Å². The van der Waals surface area contributed by atoms with Crippen LogP contribution in [0.4, 0.5) is 4.79 Å². The Labute approximate surface area is 87.4 Å². The molecule has 0 saturated carbocycles. The summed E-state index contributed by atoms with van der Waals surface area (Å²) in [4.78, 5) is 21.4. The van der Waals surface area contributed by atoms with E-state index in [9.17, 15) is 14.7 Å². The van der Waals surface area contributed by atoms with Crippen LogP contribution in [0.2, 0.25) is 0 Å². The van der Waals surface area contributed by atoms with Crippen LogP contribution in [0.15, 0.2) is 0 Å². The smallest absolute Gasteiger partial charge is 0.408 e. The number of alkyl carbamates (subject to hydrolysis) is 1. The van der Waals surface area contributed by atoms with Gasteiger partial charge in [-0.05, 0) is 20.8 Å². The average molecular weight is 223 g/mol. The fraction of sp³-hybridized carbons (Fsp3) is 0.750. The zero-order valence-electron chi connectivity index (χ0n) is 8.30. The fourth-order valence-electron chi connectivity index (χ4n) is 0.610. The van der Waals surface area contributed by atoms with Gasteiger partial charge in [0.1, 0.15) is 5.60 Å². The number of amides is 1. The summed E-state index contributed by atoms with van der Waals surface area (Å²) >= 11 is 5.29. The lowest BCUT2D eigenvalue weighted by atomic mass is 10.2. The van der Waals surface area contributed by atoms with Gasteiger partial charge in [0.05, 0.1) is 12.0 Å². The van der Waals surface area contributed by atoms with Crippen LogP contribution in [-0.4, -0.2) is 29.6 Å². The van der Waals surface area contributed by atoms with Gasteiger partial charge in [0.25, 0.3) is 0 Å². The zero-order valence-corrected chi connectivity index (χ0v) is 9.05. The van der Waals surface area contributed by atoms with Gasteiger partial charge in [-0.25, -0.2) is 4.79 Å². The summed E-state index contributed by atoms with van der Waals surface area (Å²) in [6.07, 6.45) is -0.827. The molecule has 6 heteroatoms. The minimum absolute atomic E-state index is 0.262. The Bertz CT molecular complexity index is 224. The van der Waals surface area contributed by atoms with Crippen LogP contribution < -0.4 is 10.4 Å². The quantitative estimate of drug-likeness (QED) is 0.675. The van der Waals surface area contributed by atoms with Crippen LogP contribution >= 0.6 is 11.6 Å². The maximum Gasteiger partial charge on any atom is 0.408 e. The number of halogens is 1. The van der Waals surface area contributed by atoms with Gasteiger partial charge in [0, 0.05) is 5.88 Å². The van der Waals surface area contributed by atoms with E-state index >= 15 is 0 Å². The van der Waals surface area contributed by atoms with Crippen molar-refractivity contribution in [3.63, 3.8) is 0 Å². The maximum atomic E-state index is 11.0. The van der Waals surface area contributed by atoms with Gasteiger partial charge in [-0.1, -0.05) is 0 Å². The molecule has 0 aromatic carbocycles. The molecule has 0 aliphatic carbocycles. The van der Waals surface area contributed by atoms with E-state index in [4.69, 9.17) is 16.3 Å². The van der Waals surface area contributed by atoms with Crippen molar-refractivity contribution in [1.29, 1.82) is 0 Å². The fourth-order valence-corrected chi connectivity index (χ4v) is 0.813. The largest absolute Gasteiger partial charge is 0.548 e. The first-order valence-electron chi connectivity index (χ1n) is 4.02. The Kier molecular flexibility index (Phi) is 4.70. The van der Waals surface area contributed by atoms with Crippen molar-refractivity contribution in [3.05, 3.63) is 0 Å². The number of nitrogens with one attached hydrogen (secondary N) is 1. The topological polar surface area (TPSA) is 78.5 Å². The monoisotopic (exact) mass is 222 g/mol. The Hall–Kier alpha value is -0.970. The molecule has 0 bridgehead atoms. The second kappa shape index (κ2) is 5.05. The molecule has 0 fully saturated rings. The summed E-state index contributed by atoms with van der Waals surface area (Å²) in [5.41, 5.74) is -0.674. The van der Waals surface area contributed by atoms with Crippen molar-refractivity contribution in [2.24, 2.45) is 0 Å². The molecule has 0 unspecified atom stereocenters. The Morgan fingerprint density at radius 3 is 2.29 bits per heavy atom. The van der Waals surface area contributed by atoms with E-state index < -0.39 is 23.7 Å². The van der Waals surface area contributed by atoms with E-state index in [1.54, 1.807) is 20.8 Å². The lowest BCUT2D eigenvalue weighted by Gasteiger charge is -2.22. The number of carboxylic acid groups (broad SMARTS) is 1. The Morgan fingerprint density at radius 1 is 1.50 bits per heavy atom. The standard InChI is InChI=1S/C8H14ClNO4/c1-8(2,3)14-7(13)10-5(4-9)6(11)12/h5H,4H2,1-3H3,(H,10,13)(H,11,12)/p-1/t5-/m0/s1. The van der Waals surface area contributed by atoms with Crippen molar-refractivity contribution in [1.82, 2.24) is 5.32 Å². The number of hydrogen-bond donors (Lipinski definition) is 1. The number of carboxylic acids is 1. The minimum atomic E-state index is -1.44. The molecule has 0 heterocycles. The number of carbonyl (C=O) groups excluding carboxylic acids is 2. The highest BCUT2D eigenvalue weighted by Crippen LogP contribution is 2.06. The maximum absolute atomic E-state index is 11.0. The number of carbonyl (C=O) groups is 2. The molecule has 1 N–H and O–H groups in total. The molecule has 0 radical (unpaired) electrons. The molecule has 0 aromatic rings. The molecule has 0 aliphatic rings. The normalized spacial score (nSPS) is 13.1. The number of hydrogen-bond acceptors (Lipinski definition) is 4. The first-order chi connectivity index (χ1) is 6.26. The van der Waals surface area contributed by atoms with Crippen molar-refractivity contribution in [2.45, 2.75) is 32.4 Å². The molecule has 0 aromatic heterocycles. The summed E-state index contributed by atoms with van der Waals surface area (Å²) in [6, 6.07) is -1.23. The van der Waals surface area contributed by atoms with E-state index in [0.717, 1.165) is 0 Å². The van der Waals surface area contributed by atoms with Crippen LogP contribution in [0.5, 0.6) is 0 Å². The number of aliphatic carboxylic acids is 1. The number of rotatable bonds is 3. The highest BCUT2D eigenvalue weighted by molar-refractivity contribution is 6.19. The summed E-state index contributed by atoms with van der Waals surface area (Å²) in [6.45, 7) is 5.00. The first kappa shape index (κ1) is 13.0. The van der Waals surface area contributed by atoms with Gasteiger partial charge < -0.3 is 20.0 Å². The van der Waals surface area contributed by atoms with Crippen LogP contribution in [-0.2, 0) is 9.53 Å². The third-order valence-corrected chi connectivity index (χ3v) is 1.44. The first-order valence-corrected chi connectivity index (χ1v) is 4.56. The highest BCUT2D eigenvalue weighted by atomic mass is 35.5. The lowest BCUT2D eigenvalue weighted by Crippen LogP contribution is -2.50. The van der Waals surface area contributed by atoms with Gasteiger partial charge in [-0.2, -0.15) is 0 Å². The average Bonchev–Trinajstić information content (AvgIpc) is 1.96. The molecule has 0 saturated heterocycles. The van der Waals surface area contributed by atoms with Gasteiger partial charge in [-0.15, -0.1) is 11.6 Å². The lowest BCUT2D eigenvalue weighted by molar-refractivity contribution is -0.307. The van der Waals surface area contributed by atoms with Gasteiger partial charge >= 0.3 is 6.09 Å². The molecule has 0 aliphatic heterocycles. The van der Waals surface area contributed by atoms with E-state index in [2.05, 4.69) is 5.32 Å². The summed E-state index contributed by atoms with van der Waals surface area (Å²) in [5, 5.41) is 12.4. The molecular weight excluding hydrogens is 210 g/mol. The van der Waals surface area contributed by atoms with Gasteiger partial charge in [0.2, 0.25) is 0 Å².